The maximum atomic E-state index is 6.33. The number of nitrogens with zero attached hydrogens (tertiary/aromatic N) is 4. The first kappa shape index (κ1) is 16.7. The molecule has 2 aromatic rings. The van der Waals surface area contributed by atoms with E-state index in [9.17, 15) is 0 Å². The molecule has 1 aliphatic rings. The van der Waals surface area contributed by atoms with Crippen molar-refractivity contribution in [3.8, 4) is 5.69 Å². The van der Waals surface area contributed by atoms with E-state index in [2.05, 4.69) is 21.9 Å². The van der Waals surface area contributed by atoms with E-state index in [0.29, 0.717) is 10.0 Å². The van der Waals surface area contributed by atoms with Gasteiger partial charge >= 0.3 is 0 Å². The van der Waals surface area contributed by atoms with Gasteiger partial charge in [0.15, 0.2) is 0 Å². The lowest BCUT2D eigenvalue weighted by atomic mass is 10.1. The van der Waals surface area contributed by atoms with Gasteiger partial charge in [0.25, 0.3) is 0 Å². The zero-order chi connectivity index (χ0) is 16.4. The maximum Gasteiger partial charge on any atom is 0.148 e. The molecule has 0 radical (unpaired) electrons. The monoisotopic (exact) mass is 354 g/mol. The van der Waals surface area contributed by atoms with Crippen molar-refractivity contribution in [2.75, 3.05) is 32.8 Å². The Morgan fingerprint density at radius 2 is 2.00 bits per heavy atom. The van der Waals surface area contributed by atoms with Crippen LogP contribution in [0.25, 0.3) is 5.69 Å². The van der Waals surface area contributed by atoms with Gasteiger partial charge in [-0.1, -0.05) is 30.1 Å². The molecule has 3 rings (SSSR count). The van der Waals surface area contributed by atoms with Gasteiger partial charge in [-0.3, -0.25) is 4.90 Å². The fraction of sp³-hybridized carbons (Fsp3) is 0.500. The Kier molecular flexibility index (Phi) is 5.21. The van der Waals surface area contributed by atoms with E-state index in [1.54, 1.807) is 12.1 Å². The largest absolute Gasteiger partial charge is 0.379 e. The lowest BCUT2D eigenvalue weighted by Crippen LogP contribution is -2.38. The summed E-state index contributed by atoms with van der Waals surface area (Å²) in [6.07, 6.45) is 0. The summed E-state index contributed by atoms with van der Waals surface area (Å²) in [6.45, 7) is 8.45. The molecule has 0 saturated carbocycles. The number of hydrogen-bond donors (Lipinski definition) is 0. The van der Waals surface area contributed by atoms with Crippen LogP contribution in [0.1, 0.15) is 24.5 Å². The van der Waals surface area contributed by atoms with E-state index in [-0.39, 0.29) is 5.92 Å². The molecular formula is C16H20Cl2N4O. The number of halogens is 2. The molecule has 2 heterocycles. The molecule has 1 saturated heterocycles. The molecule has 5 nitrogen and oxygen atoms in total. The van der Waals surface area contributed by atoms with E-state index >= 15 is 0 Å². The minimum Gasteiger partial charge on any atom is -0.379 e. The molecule has 23 heavy (non-hydrogen) atoms. The second-order valence-corrected chi connectivity index (χ2v) is 6.68. The van der Waals surface area contributed by atoms with Crippen molar-refractivity contribution < 1.29 is 4.74 Å². The zero-order valence-corrected chi connectivity index (χ0v) is 14.8. The van der Waals surface area contributed by atoms with Crippen LogP contribution in [0, 0.1) is 6.92 Å². The van der Waals surface area contributed by atoms with Crippen LogP contribution in [-0.2, 0) is 4.74 Å². The second kappa shape index (κ2) is 7.18. The highest BCUT2D eigenvalue weighted by Gasteiger charge is 2.21. The molecule has 1 atom stereocenters. The van der Waals surface area contributed by atoms with Gasteiger partial charge in [0, 0.05) is 30.6 Å². The van der Waals surface area contributed by atoms with E-state index in [1.165, 1.54) is 0 Å². The van der Waals surface area contributed by atoms with E-state index < -0.39 is 0 Å². The van der Waals surface area contributed by atoms with E-state index in [0.717, 1.165) is 50.2 Å². The average Bonchev–Trinajstić information content (AvgIpc) is 2.92. The standard InChI is InChI=1S/C16H20Cl2N4O/c1-11(10-21-5-7-23-8-6-21)16-19-12(2)20-22(16)15-9-13(17)3-4-14(15)18/h3-4,9,11H,5-8,10H2,1-2H3/t11-/m1/s1. The normalized spacial score (nSPS) is 17.4. The molecule has 0 spiro atoms. The third-order valence-corrected chi connectivity index (χ3v) is 4.51. The summed E-state index contributed by atoms with van der Waals surface area (Å²) >= 11 is 12.5. The molecule has 1 fully saturated rings. The quantitative estimate of drug-likeness (QED) is 0.844. The summed E-state index contributed by atoms with van der Waals surface area (Å²) in [4.78, 5) is 7.01. The molecule has 124 valence electrons. The number of rotatable bonds is 4. The van der Waals surface area contributed by atoms with Gasteiger partial charge in [0.05, 0.1) is 23.9 Å². The van der Waals surface area contributed by atoms with Crippen molar-refractivity contribution in [1.82, 2.24) is 19.7 Å². The van der Waals surface area contributed by atoms with Gasteiger partial charge in [0.1, 0.15) is 11.6 Å². The van der Waals surface area contributed by atoms with Crippen LogP contribution in [-0.4, -0.2) is 52.5 Å². The van der Waals surface area contributed by atoms with Crippen LogP contribution in [0.4, 0.5) is 0 Å². The molecule has 0 bridgehead atoms. The first-order chi connectivity index (χ1) is 11.0. The summed E-state index contributed by atoms with van der Waals surface area (Å²) in [7, 11) is 0. The summed E-state index contributed by atoms with van der Waals surface area (Å²) in [5, 5.41) is 5.76. The summed E-state index contributed by atoms with van der Waals surface area (Å²) in [5.74, 6) is 1.85. The first-order valence-electron chi connectivity index (χ1n) is 7.73. The predicted octanol–water partition coefficient (Wildman–Crippen LogP) is 3.32. The van der Waals surface area contributed by atoms with Crippen LogP contribution in [0.15, 0.2) is 18.2 Å². The highest BCUT2D eigenvalue weighted by Crippen LogP contribution is 2.27. The Labute approximate surface area is 146 Å². The van der Waals surface area contributed by atoms with Crippen LogP contribution in [0.3, 0.4) is 0 Å². The number of morpholine rings is 1. The SMILES string of the molecule is Cc1nc([C@H](C)CN2CCOCC2)n(-c2cc(Cl)ccc2Cl)n1. The fourth-order valence-corrected chi connectivity index (χ4v) is 3.19. The van der Waals surface area contributed by atoms with Crippen LogP contribution >= 0.6 is 23.2 Å². The van der Waals surface area contributed by atoms with E-state index in [1.807, 2.05) is 17.7 Å². The predicted molar refractivity (Wildman–Crippen MR) is 91.8 cm³/mol. The smallest absolute Gasteiger partial charge is 0.148 e. The highest BCUT2D eigenvalue weighted by atomic mass is 35.5. The molecule has 1 aliphatic heterocycles. The molecule has 0 unspecified atom stereocenters. The molecular weight excluding hydrogens is 335 g/mol. The lowest BCUT2D eigenvalue weighted by molar-refractivity contribution is 0.0353. The Hall–Kier alpha value is -1.14. The van der Waals surface area contributed by atoms with Crippen molar-refractivity contribution >= 4 is 23.2 Å². The van der Waals surface area contributed by atoms with Crippen molar-refractivity contribution in [2.45, 2.75) is 19.8 Å². The van der Waals surface area contributed by atoms with Crippen molar-refractivity contribution in [1.29, 1.82) is 0 Å². The Morgan fingerprint density at radius 3 is 2.74 bits per heavy atom. The summed E-state index contributed by atoms with van der Waals surface area (Å²) in [5.41, 5.74) is 0.767. The minimum absolute atomic E-state index is 0.226. The fourth-order valence-electron chi connectivity index (χ4n) is 2.83. The van der Waals surface area contributed by atoms with Gasteiger partial charge in [0.2, 0.25) is 0 Å². The van der Waals surface area contributed by atoms with Crippen LogP contribution in [0.2, 0.25) is 10.0 Å². The lowest BCUT2D eigenvalue weighted by Gasteiger charge is -2.28. The Balaban J connectivity index is 1.89. The van der Waals surface area contributed by atoms with Crippen molar-refractivity contribution in [3.63, 3.8) is 0 Å². The molecule has 0 N–H and O–H groups in total. The summed E-state index contributed by atoms with van der Waals surface area (Å²) in [6, 6.07) is 5.38. The Morgan fingerprint density at radius 1 is 1.26 bits per heavy atom. The van der Waals surface area contributed by atoms with E-state index in [4.69, 9.17) is 27.9 Å². The third kappa shape index (κ3) is 3.86. The van der Waals surface area contributed by atoms with Gasteiger partial charge in [-0.15, -0.1) is 0 Å². The molecule has 7 heteroatoms. The minimum atomic E-state index is 0.226. The van der Waals surface area contributed by atoms with Crippen molar-refractivity contribution in [3.05, 3.63) is 39.9 Å². The average molecular weight is 355 g/mol. The number of ether oxygens (including phenoxy) is 1. The molecule has 1 aromatic heterocycles. The van der Waals surface area contributed by atoms with Gasteiger partial charge in [-0.25, -0.2) is 9.67 Å². The highest BCUT2D eigenvalue weighted by molar-refractivity contribution is 6.34. The maximum absolute atomic E-state index is 6.33. The number of benzene rings is 1. The first-order valence-corrected chi connectivity index (χ1v) is 8.49. The van der Waals surface area contributed by atoms with Gasteiger partial charge in [-0.05, 0) is 25.1 Å². The summed E-state index contributed by atoms with van der Waals surface area (Å²) < 4.78 is 7.22. The third-order valence-electron chi connectivity index (χ3n) is 3.95. The Bertz CT molecular complexity index is 683. The van der Waals surface area contributed by atoms with Gasteiger partial charge < -0.3 is 4.74 Å². The zero-order valence-electron chi connectivity index (χ0n) is 13.3. The van der Waals surface area contributed by atoms with Gasteiger partial charge in [-0.2, -0.15) is 5.10 Å². The van der Waals surface area contributed by atoms with Crippen LogP contribution < -0.4 is 0 Å². The molecule has 0 aliphatic carbocycles. The topological polar surface area (TPSA) is 43.2 Å². The second-order valence-electron chi connectivity index (χ2n) is 5.84. The number of aromatic nitrogens is 3. The molecule has 0 amide bonds. The number of aryl methyl sites for hydroxylation is 1. The number of hydrogen-bond acceptors (Lipinski definition) is 4. The molecule has 1 aromatic carbocycles. The van der Waals surface area contributed by atoms with Crippen molar-refractivity contribution in [2.24, 2.45) is 0 Å². The van der Waals surface area contributed by atoms with Crippen LogP contribution in [0.5, 0.6) is 0 Å².